The molecule has 0 fully saturated rings. The maximum atomic E-state index is 12.7. The van der Waals surface area contributed by atoms with Crippen molar-refractivity contribution in [3.63, 3.8) is 0 Å². The van der Waals surface area contributed by atoms with Crippen molar-refractivity contribution in [1.82, 2.24) is 4.72 Å². The summed E-state index contributed by atoms with van der Waals surface area (Å²) in [6, 6.07) is 25.6. The number of nitrogens with one attached hydrogen (secondary N) is 1. The topological polar surface area (TPSA) is 46.2 Å². The van der Waals surface area contributed by atoms with Crippen LogP contribution in [0.1, 0.15) is 22.7 Å². The second-order valence-corrected chi connectivity index (χ2v) is 7.88. The van der Waals surface area contributed by atoms with E-state index in [1.165, 1.54) is 0 Å². The van der Waals surface area contributed by atoms with Crippen LogP contribution in [0.3, 0.4) is 0 Å². The molecule has 3 aromatic rings. The first kappa shape index (κ1) is 17.7. The highest BCUT2D eigenvalue weighted by Crippen LogP contribution is 2.24. The van der Waals surface area contributed by atoms with Crippen LogP contribution in [0.25, 0.3) is 0 Å². The highest BCUT2D eigenvalue weighted by atomic mass is 35.5. The van der Waals surface area contributed by atoms with Crippen LogP contribution >= 0.6 is 11.6 Å². The summed E-state index contributed by atoms with van der Waals surface area (Å²) in [5.41, 5.74) is 2.35. The van der Waals surface area contributed by atoms with Crippen LogP contribution in [0.5, 0.6) is 0 Å². The van der Waals surface area contributed by atoms with Gasteiger partial charge in [-0.2, -0.15) is 0 Å². The third kappa shape index (κ3) is 4.69. The van der Waals surface area contributed by atoms with Crippen molar-refractivity contribution < 1.29 is 8.42 Å². The zero-order valence-electron chi connectivity index (χ0n) is 13.5. The summed E-state index contributed by atoms with van der Waals surface area (Å²) in [4.78, 5) is 0. The lowest BCUT2D eigenvalue weighted by Gasteiger charge is -2.20. The van der Waals surface area contributed by atoms with Crippen molar-refractivity contribution in [2.45, 2.75) is 11.8 Å². The van der Waals surface area contributed by atoms with Gasteiger partial charge in [0.15, 0.2) is 0 Å². The Balaban J connectivity index is 1.91. The minimum atomic E-state index is -3.59. The van der Waals surface area contributed by atoms with Crippen LogP contribution in [0, 0.1) is 0 Å². The van der Waals surface area contributed by atoms with E-state index >= 15 is 0 Å². The van der Waals surface area contributed by atoms with Gasteiger partial charge < -0.3 is 0 Å². The predicted octanol–water partition coefficient (Wildman–Crippen LogP) is 4.55. The van der Waals surface area contributed by atoms with Gasteiger partial charge >= 0.3 is 0 Å². The lowest BCUT2D eigenvalue weighted by Crippen LogP contribution is -2.30. The Hall–Kier alpha value is -2.14. The van der Waals surface area contributed by atoms with Crippen LogP contribution < -0.4 is 4.72 Å². The van der Waals surface area contributed by atoms with Gasteiger partial charge in [-0.25, -0.2) is 13.1 Å². The molecule has 0 unspecified atom stereocenters. The molecule has 0 atom stereocenters. The Morgan fingerprint density at radius 1 is 0.760 bits per heavy atom. The Morgan fingerprint density at radius 2 is 1.24 bits per heavy atom. The second kappa shape index (κ2) is 7.83. The smallest absolute Gasteiger partial charge is 0.212 e. The lowest BCUT2D eigenvalue weighted by molar-refractivity contribution is 0.571. The summed E-state index contributed by atoms with van der Waals surface area (Å²) < 4.78 is 28.3. The minimum absolute atomic E-state index is 0.164. The van der Waals surface area contributed by atoms with Gasteiger partial charge in [0, 0.05) is 5.02 Å². The number of hydrogen-bond donors (Lipinski definition) is 1. The molecule has 0 radical (unpaired) electrons. The fourth-order valence-corrected chi connectivity index (χ4v) is 4.32. The number of rotatable bonds is 6. The molecule has 0 amide bonds. The third-order valence-corrected chi connectivity index (χ3v) is 5.52. The molecule has 0 bridgehead atoms. The molecule has 3 rings (SSSR count). The fourth-order valence-electron chi connectivity index (χ4n) is 2.66. The molecule has 0 saturated heterocycles. The summed E-state index contributed by atoms with van der Waals surface area (Å²) >= 11 is 6.11. The first-order valence-corrected chi connectivity index (χ1v) is 9.91. The molecule has 0 heterocycles. The van der Waals surface area contributed by atoms with Crippen molar-refractivity contribution in [2.24, 2.45) is 0 Å². The maximum Gasteiger partial charge on any atom is 0.216 e. The molecular weight excluding hydrogens is 354 g/mol. The van der Waals surface area contributed by atoms with E-state index in [9.17, 15) is 8.42 Å². The molecule has 0 saturated carbocycles. The van der Waals surface area contributed by atoms with Gasteiger partial charge in [-0.1, -0.05) is 90.5 Å². The van der Waals surface area contributed by atoms with E-state index in [0.29, 0.717) is 10.6 Å². The zero-order valence-corrected chi connectivity index (χ0v) is 15.0. The van der Waals surface area contributed by atoms with Crippen molar-refractivity contribution in [1.29, 1.82) is 0 Å². The van der Waals surface area contributed by atoms with Gasteiger partial charge in [-0.05, 0) is 22.8 Å². The van der Waals surface area contributed by atoms with Crippen LogP contribution in [-0.2, 0) is 15.8 Å². The predicted molar refractivity (Wildman–Crippen MR) is 102 cm³/mol. The Bertz CT molecular complexity index is 889. The molecule has 25 heavy (non-hydrogen) atoms. The molecule has 0 aliphatic rings. The van der Waals surface area contributed by atoms with Crippen LogP contribution in [0.2, 0.25) is 5.02 Å². The lowest BCUT2D eigenvalue weighted by atomic mass is 10.00. The SMILES string of the molecule is O=S(=O)(Cc1ccccc1Cl)NC(c1ccccc1)c1ccccc1. The summed E-state index contributed by atoms with van der Waals surface area (Å²) in [5.74, 6) is -0.164. The quantitative estimate of drug-likeness (QED) is 0.691. The summed E-state index contributed by atoms with van der Waals surface area (Å²) in [7, 11) is -3.59. The van der Waals surface area contributed by atoms with E-state index in [4.69, 9.17) is 11.6 Å². The van der Waals surface area contributed by atoms with Crippen LogP contribution in [0.4, 0.5) is 0 Å². The monoisotopic (exact) mass is 371 g/mol. The molecule has 128 valence electrons. The average Bonchev–Trinajstić information content (AvgIpc) is 2.63. The number of benzene rings is 3. The standard InChI is InChI=1S/C20H18ClNO2S/c21-19-14-8-7-13-18(19)15-25(23,24)22-20(16-9-3-1-4-10-16)17-11-5-2-6-12-17/h1-14,20,22H,15H2. The summed E-state index contributed by atoms with van der Waals surface area (Å²) in [5, 5.41) is 0.448. The van der Waals surface area contributed by atoms with Gasteiger partial charge in [0.25, 0.3) is 0 Å². The van der Waals surface area contributed by atoms with E-state index < -0.39 is 16.1 Å². The maximum absolute atomic E-state index is 12.7. The number of sulfonamides is 1. The Kier molecular flexibility index (Phi) is 5.53. The molecule has 0 aromatic heterocycles. The minimum Gasteiger partial charge on any atom is -0.212 e. The van der Waals surface area contributed by atoms with Gasteiger partial charge in [0.05, 0.1) is 11.8 Å². The summed E-state index contributed by atoms with van der Waals surface area (Å²) in [6.07, 6.45) is 0. The molecule has 0 aliphatic heterocycles. The molecule has 1 N–H and O–H groups in total. The highest BCUT2D eigenvalue weighted by molar-refractivity contribution is 7.88. The van der Waals surface area contributed by atoms with E-state index in [0.717, 1.165) is 11.1 Å². The second-order valence-electron chi connectivity index (χ2n) is 5.72. The van der Waals surface area contributed by atoms with Crippen molar-refractivity contribution in [2.75, 3.05) is 0 Å². The first-order valence-electron chi connectivity index (χ1n) is 7.88. The van der Waals surface area contributed by atoms with E-state index in [1.54, 1.807) is 24.3 Å². The van der Waals surface area contributed by atoms with E-state index in [2.05, 4.69) is 4.72 Å². The van der Waals surface area contributed by atoms with E-state index in [1.807, 2.05) is 60.7 Å². The van der Waals surface area contributed by atoms with Gasteiger partial charge in [-0.3, -0.25) is 0 Å². The van der Waals surface area contributed by atoms with Crippen molar-refractivity contribution in [3.05, 3.63) is 107 Å². The van der Waals surface area contributed by atoms with Gasteiger partial charge in [0.2, 0.25) is 10.0 Å². The largest absolute Gasteiger partial charge is 0.216 e. The first-order chi connectivity index (χ1) is 12.1. The van der Waals surface area contributed by atoms with Crippen molar-refractivity contribution >= 4 is 21.6 Å². The molecule has 0 spiro atoms. The van der Waals surface area contributed by atoms with Crippen LogP contribution in [-0.4, -0.2) is 8.42 Å². The van der Waals surface area contributed by atoms with E-state index in [-0.39, 0.29) is 5.75 Å². The van der Waals surface area contributed by atoms with Gasteiger partial charge in [0.1, 0.15) is 0 Å². The third-order valence-electron chi connectivity index (χ3n) is 3.87. The van der Waals surface area contributed by atoms with Crippen LogP contribution in [0.15, 0.2) is 84.9 Å². The average molecular weight is 372 g/mol. The van der Waals surface area contributed by atoms with Gasteiger partial charge in [-0.15, -0.1) is 0 Å². The molecule has 5 heteroatoms. The Labute approximate surface area is 153 Å². The number of halogens is 1. The molecule has 3 nitrogen and oxygen atoms in total. The van der Waals surface area contributed by atoms with Crippen molar-refractivity contribution in [3.8, 4) is 0 Å². The normalized spacial score (nSPS) is 11.6. The fraction of sp³-hybridized carbons (Fsp3) is 0.100. The molecular formula is C20H18ClNO2S. The molecule has 0 aliphatic carbocycles. The summed E-state index contributed by atoms with van der Waals surface area (Å²) in [6.45, 7) is 0. The zero-order chi connectivity index (χ0) is 17.7. The molecule has 3 aromatic carbocycles. The Morgan fingerprint density at radius 3 is 1.76 bits per heavy atom. The highest BCUT2D eigenvalue weighted by Gasteiger charge is 2.22. The number of hydrogen-bond acceptors (Lipinski definition) is 2.